The van der Waals surface area contributed by atoms with Gasteiger partial charge in [-0.15, -0.1) is 0 Å². The van der Waals surface area contributed by atoms with Gasteiger partial charge in [-0.2, -0.15) is 0 Å². The first-order chi connectivity index (χ1) is 15.8. The fourth-order valence-corrected chi connectivity index (χ4v) is 6.14. The minimum atomic E-state index is -3.51. The number of sulfonamides is 1. The standard InChI is InChI=1S/C23H31FN2O6S/c1-30-13-16-12-21(25-33(2,28)29)22-14-32-17-8-6-15(7-9-17)18-4-3-5-20(24)19(18)10-11-31-23(27)26(16)22/h3-5,10-11,15-17,21-22,25H,6-9,12-14H2,1-2H3/b11-10+/t15?,16-,17?,21-,22-/m0/s1. The molecule has 3 atom stereocenters. The van der Waals surface area contributed by atoms with Crippen LogP contribution < -0.4 is 4.72 Å². The minimum Gasteiger partial charge on any atom is -0.418 e. The van der Waals surface area contributed by atoms with Crippen molar-refractivity contribution in [2.45, 2.75) is 62.3 Å². The Morgan fingerprint density at radius 3 is 2.70 bits per heavy atom. The first-order valence-electron chi connectivity index (χ1n) is 11.3. The Labute approximate surface area is 194 Å². The summed E-state index contributed by atoms with van der Waals surface area (Å²) in [4.78, 5) is 14.6. The van der Waals surface area contributed by atoms with Gasteiger partial charge in [-0.1, -0.05) is 12.1 Å². The molecule has 8 nitrogen and oxygen atoms in total. The Kier molecular flexibility index (Phi) is 7.37. The summed E-state index contributed by atoms with van der Waals surface area (Å²) in [7, 11) is -1.98. The summed E-state index contributed by atoms with van der Waals surface area (Å²) in [5.74, 6) is -0.161. The molecule has 2 bridgehead atoms. The average Bonchev–Trinajstić information content (AvgIpc) is 3.08. The van der Waals surface area contributed by atoms with Gasteiger partial charge in [0.15, 0.2) is 0 Å². The Morgan fingerprint density at radius 1 is 1.24 bits per heavy atom. The Balaban J connectivity index is 1.67. The van der Waals surface area contributed by atoms with Crippen molar-refractivity contribution in [2.24, 2.45) is 0 Å². The second-order valence-electron chi connectivity index (χ2n) is 9.05. The largest absolute Gasteiger partial charge is 0.418 e. The van der Waals surface area contributed by atoms with E-state index in [1.165, 1.54) is 30.4 Å². The molecule has 33 heavy (non-hydrogen) atoms. The van der Waals surface area contributed by atoms with Crippen molar-refractivity contribution in [1.29, 1.82) is 0 Å². The second kappa shape index (κ2) is 10.1. The van der Waals surface area contributed by atoms with Gasteiger partial charge < -0.3 is 14.2 Å². The van der Waals surface area contributed by atoms with Crippen LogP contribution in [0.4, 0.5) is 9.18 Å². The highest BCUT2D eigenvalue weighted by atomic mass is 32.2. The molecule has 5 rings (SSSR count). The molecule has 3 heterocycles. The van der Waals surface area contributed by atoms with Crippen LogP contribution in [0.1, 0.15) is 49.1 Å². The number of carbonyl (C=O) groups excluding carboxylic acids is 1. The summed E-state index contributed by atoms with van der Waals surface area (Å²) < 4.78 is 58.1. The fraction of sp³-hybridized carbons (Fsp3) is 0.609. The lowest BCUT2D eigenvalue weighted by atomic mass is 9.80. The predicted octanol–water partition coefficient (Wildman–Crippen LogP) is 3.00. The lowest BCUT2D eigenvalue weighted by Crippen LogP contribution is -2.51. The molecule has 1 amide bonds. The minimum absolute atomic E-state index is 0.00466. The van der Waals surface area contributed by atoms with Crippen LogP contribution in [0, 0.1) is 5.82 Å². The maximum atomic E-state index is 14.6. The number of carbonyl (C=O) groups is 1. The number of ether oxygens (including phenoxy) is 3. The van der Waals surface area contributed by atoms with Gasteiger partial charge in [-0.3, -0.25) is 4.90 Å². The van der Waals surface area contributed by atoms with Crippen LogP contribution in [0.2, 0.25) is 0 Å². The third kappa shape index (κ3) is 5.56. The molecular weight excluding hydrogens is 451 g/mol. The van der Waals surface area contributed by atoms with Crippen LogP contribution in [0.15, 0.2) is 24.5 Å². The zero-order valence-electron chi connectivity index (χ0n) is 18.9. The molecule has 1 N–H and O–H groups in total. The van der Waals surface area contributed by atoms with Crippen LogP contribution in [0.3, 0.4) is 0 Å². The number of nitrogens with one attached hydrogen (secondary N) is 1. The van der Waals surface area contributed by atoms with Crippen molar-refractivity contribution in [3.05, 3.63) is 41.4 Å². The third-order valence-corrected chi connectivity index (χ3v) is 7.51. The summed E-state index contributed by atoms with van der Waals surface area (Å²) in [6, 6.07) is 3.56. The van der Waals surface area contributed by atoms with Gasteiger partial charge in [0, 0.05) is 18.7 Å². The average molecular weight is 483 g/mol. The lowest BCUT2D eigenvalue weighted by Gasteiger charge is -2.34. The molecule has 1 saturated heterocycles. The monoisotopic (exact) mass is 482 g/mol. The van der Waals surface area contributed by atoms with Crippen molar-refractivity contribution in [3.63, 3.8) is 0 Å². The number of hydrogen-bond acceptors (Lipinski definition) is 6. The number of amides is 1. The molecule has 3 aliphatic heterocycles. The number of fused-ring (bicyclic) bond motifs is 5. The first-order valence-corrected chi connectivity index (χ1v) is 13.2. The van der Waals surface area contributed by atoms with Crippen molar-refractivity contribution in [3.8, 4) is 0 Å². The molecule has 1 aromatic carbocycles. The van der Waals surface area contributed by atoms with E-state index in [-0.39, 0.29) is 31.1 Å². The van der Waals surface area contributed by atoms with Gasteiger partial charge >= 0.3 is 6.09 Å². The number of halogens is 1. The van der Waals surface area contributed by atoms with Crippen molar-refractivity contribution < 1.29 is 31.8 Å². The van der Waals surface area contributed by atoms with Gasteiger partial charge in [-0.25, -0.2) is 22.3 Å². The van der Waals surface area contributed by atoms with Gasteiger partial charge in [0.05, 0.1) is 43.9 Å². The van der Waals surface area contributed by atoms with Gasteiger partial charge in [0.1, 0.15) is 5.82 Å². The van der Waals surface area contributed by atoms with Gasteiger partial charge in [-0.05, 0) is 55.7 Å². The number of benzene rings is 1. The normalized spacial score (nSPS) is 31.4. The number of methoxy groups -OCH3 is 1. The molecular formula is C23H31FN2O6S. The van der Waals surface area contributed by atoms with E-state index in [0.717, 1.165) is 37.5 Å². The Bertz CT molecular complexity index is 993. The quantitative estimate of drug-likeness (QED) is 0.709. The molecule has 2 fully saturated rings. The molecule has 4 aliphatic rings. The summed E-state index contributed by atoms with van der Waals surface area (Å²) >= 11 is 0. The van der Waals surface area contributed by atoms with Crippen molar-refractivity contribution >= 4 is 22.2 Å². The van der Waals surface area contributed by atoms with Crippen LogP contribution in [0.25, 0.3) is 6.08 Å². The maximum Gasteiger partial charge on any atom is 0.415 e. The van der Waals surface area contributed by atoms with Crippen LogP contribution in [-0.2, 0) is 24.2 Å². The molecule has 1 saturated carbocycles. The third-order valence-electron chi connectivity index (χ3n) is 6.78. The Hall–Kier alpha value is -2.01. The van der Waals surface area contributed by atoms with Gasteiger partial charge in [0.2, 0.25) is 10.0 Å². The van der Waals surface area contributed by atoms with Crippen molar-refractivity contribution in [2.75, 3.05) is 26.6 Å². The van der Waals surface area contributed by atoms with Crippen LogP contribution in [-0.4, -0.2) is 70.2 Å². The van der Waals surface area contributed by atoms with E-state index < -0.39 is 34.2 Å². The van der Waals surface area contributed by atoms with E-state index >= 15 is 0 Å². The first kappa shape index (κ1) is 24.1. The zero-order valence-corrected chi connectivity index (χ0v) is 19.7. The molecule has 1 aliphatic carbocycles. The number of nitrogens with zero attached hydrogens (tertiary/aromatic N) is 1. The van der Waals surface area contributed by atoms with E-state index in [1.54, 1.807) is 6.07 Å². The zero-order chi connectivity index (χ0) is 23.6. The molecule has 0 radical (unpaired) electrons. The van der Waals surface area contributed by atoms with E-state index in [1.807, 2.05) is 6.07 Å². The topological polar surface area (TPSA) is 94.2 Å². The van der Waals surface area contributed by atoms with E-state index in [4.69, 9.17) is 14.2 Å². The number of hydrogen-bond donors (Lipinski definition) is 1. The fourth-order valence-electron chi connectivity index (χ4n) is 5.33. The van der Waals surface area contributed by atoms with E-state index in [2.05, 4.69) is 4.72 Å². The van der Waals surface area contributed by atoms with E-state index in [9.17, 15) is 17.6 Å². The molecule has 0 aromatic heterocycles. The van der Waals surface area contributed by atoms with Crippen LogP contribution >= 0.6 is 0 Å². The molecule has 10 heteroatoms. The predicted molar refractivity (Wildman–Crippen MR) is 121 cm³/mol. The maximum absolute atomic E-state index is 14.6. The molecule has 1 aromatic rings. The van der Waals surface area contributed by atoms with E-state index in [0.29, 0.717) is 12.0 Å². The van der Waals surface area contributed by atoms with Gasteiger partial charge in [0.25, 0.3) is 0 Å². The summed E-state index contributed by atoms with van der Waals surface area (Å²) in [6.07, 6.45) is 6.87. The SMILES string of the molecule is COC[C@@H]1C[C@H](NS(C)(=O)=O)[C@@H]2COC3CCC(CC3)c3cccc(F)c3/C=C/OC(=O)N12. The number of rotatable bonds is 4. The molecule has 0 unspecified atom stereocenters. The highest BCUT2D eigenvalue weighted by Crippen LogP contribution is 2.37. The summed E-state index contributed by atoms with van der Waals surface area (Å²) in [5, 5.41) is 0. The smallest absolute Gasteiger partial charge is 0.415 e. The highest BCUT2D eigenvalue weighted by Gasteiger charge is 2.46. The lowest BCUT2D eigenvalue weighted by molar-refractivity contribution is -0.0120. The molecule has 0 spiro atoms. The Morgan fingerprint density at radius 2 is 2.00 bits per heavy atom. The summed E-state index contributed by atoms with van der Waals surface area (Å²) in [6.45, 7) is 0.409. The highest BCUT2D eigenvalue weighted by molar-refractivity contribution is 7.88. The van der Waals surface area contributed by atoms with Crippen LogP contribution in [0.5, 0.6) is 0 Å². The second-order valence-corrected chi connectivity index (χ2v) is 10.8. The van der Waals surface area contributed by atoms with Crippen molar-refractivity contribution in [1.82, 2.24) is 9.62 Å². The molecule has 182 valence electrons. The summed E-state index contributed by atoms with van der Waals surface area (Å²) in [5.41, 5.74) is 1.33.